The average Bonchev–Trinajstić information content (AvgIpc) is 2.89. The summed E-state index contributed by atoms with van der Waals surface area (Å²) in [4.78, 5) is 34.5. The molecule has 0 N–H and O–H groups in total. The van der Waals surface area contributed by atoms with Crippen molar-refractivity contribution in [3.05, 3.63) is 46.1 Å². The summed E-state index contributed by atoms with van der Waals surface area (Å²) in [6.45, 7) is 7.13. The molecule has 0 unspecified atom stereocenters. The molecule has 0 bridgehead atoms. The second-order valence-electron chi connectivity index (χ2n) is 6.48. The van der Waals surface area contributed by atoms with Gasteiger partial charge in [0, 0.05) is 35.4 Å². The molecule has 0 saturated heterocycles. The molecule has 0 amide bonds. The Kier molecular flexibility index (Phi) is 5.44. The zero-order chi connectivity index (χ0) is 19.5. The highest BCUT2D eigenvalue weighted by molar-refractivity contribution is 5.99. The van der Waals surface area contributed by atoms with Crippen molar-refractivity contribution in [2.75, 3.05) is 6.61 Å². The summed E-state index contributed by atoms with van der Waals surface area (Å²) < 4.78 is 11.4. The quantitative estimate of drug-likeness (QED) is 0.355. The molecule has 1 aromatic carbocycles. The molecule has 0 saturated carbocycles. The molecular formula is C18H20N2O6. The maximum atomic E-state index is 12.4. The van der Waals surface area contributed by atoms with Crippen LogP contribution in [0.15, 0.2) is 30.5 Å². The highest BCUT2D eigenvalue weighted by atomic mass is 16.6. The first-order valence-corrected chi connectivity index (χ1v) is 8.00. The van der Waals surface area contributed by atoms with E-state index in [0.29, 0.717) is 16.5 Å². The van der Waals surface area contributed by atoms with Crippen LogP contribution < -0.4 is 0 Å². The number of esters is 1. The standard InChI is InChI=1S/C18H20N2O6/c1-5-25-16(21)9-6-12-11-19(17(22)26-18(2,3)4)15-8-7-13(20(23)24)10-14(12)15/h6-11H,5H2,1-4H3/b9-6+. The largest absolute Gasteiger partial charge is 0.463 e. The molecular weight excluding hydrogens is 340 g/mol. The zero-order valence-electron chi connectivity index (χ0n) is 15.0. The van der Waals surface area contributed by atoms with E-state index in [1.54, 1.807) is 27.7 Å². The molecule has 0 atom stereocenters. The van der Waals surface area contributed by atoms with Gasteiger partial charge in [-0.3, -0.25) is 14.7 Å². The van der Waals surface area contributed by atoms with Crippen molar-refractivity contribution < 1.29 is 24.0 Å². The minimum atomic E-state index is -0.699. The minimum absolute atomic E-state index is 0.120. The van der Waals surface area contributed by atoms with Crippen molar-refractivity contribution in [3.63, 3.8) is 0 Å². The van der Waals surface area contributed by atoms with Crippen LogP contribution in [0.25, 0.3) is 17.0 Å². The number of nitrogens with zero attached hydrogens (tertiary/aromatic N) is 2. The maximum absolute atomic E-state index is 12.4. The normalized spacial score (nSPS) is 11.7. The number of non-ortho nitro benzene ring substituents is 1. The number of ether oxygens (including phenoxy) is 2. The van der Waals surface area contributed by atoms with Crippen LogP contribution in [0.4, 0.5) is 10.5 Å². The van der Waals surface area contributed by atoms with E-state index in [4.69, 9.17) is 9.47 Å². The molecule has 138 valence electrons. The number of carbonyl (C=O) groups is 2. The number of hydrogen-bond acceptors (Lipinski definition) is 6. The Bertz CT molecular complexity index is 889. The van der Waals surface area contributed by atoms with Gasteiger partial charge in [0.05, 0.1) is 17.0 Å². The van der Waals surface area contributed by atoms with E-state index in [2.05, 4.69) is 0 Å². The predicted octanol–water partition coefficient (Wildman–Crippen LogP) is 3.91. The van der Waals surface area contributed by atoms with Crippen molar-refractivity contribution in [1.29, 1.82) is 0 Å². The van der Waals surface area contributed by atoms with E-state index in [-0.39, 0.29) is 12.3 Å². The van der Waals surface area contributed by atoms with Gasteiger partial charge in [-0.25, -0.2) is 9.59 Å². The lowest BCUT2D eigenvalue weighted by atomic mass is 10.1. The number of nitro benzene ring substituents is 1. The number of aromatic nitrogens is 1. The third-order valence-corrected chi connectivity index (χ3v) is 3.31. The highest BCUT2D eigenvalue weighted by Gasteiger charge is 2.21. The summed E-state index contributed by atoms with van der Waals surface area (Å²) >= 11 is 0. The molecule has 0 radical (unpaired) electrons. The first-order chi connectivity index (χ1) is 12.1. The second-order valence-corrected chi connectivity index (χ2v) is 6.48. The Morgan fingerprint density at radius 2 is 2.00 bits per heavy atom. The third kappa shape index (κ3) is 4.47. The zero-order valence-corrected chi connectivity index (χ0v) is 15.0. The number of hydrogen-bond donors (Lipinski definition) is 0. The summed E-state index contributed by atoms with van der Waals surface area (Å²) in [5, 5.41) is 11.5. The van der Waals surface area contributed by atoms with Crippen LogP contribution in [-0.2, 0) is 14.3 Å². The van der Waals surface area contributed by atoms with E-state index < -0.39 is 22.6 Å². The molecule has 2 aromatic rings. The fourth-order valence-electron chi connectivity index (χ4n) is 2.30. The smallest absolute Gasteiger partial charge is 0.419 e. The predicted molar refractivity (Wildman–Crippen MR) is 95.9 cm³/mol. The van der Waals surface area contributed by atoms with Crippen LogP contribution in [0.5, 0.6) is 0 Å². The topological polar surface area (TPSA) is 101 Å². The van der Waals surface area contributed by atoms with Gasteiger partial charge in [0.1, 0.15) is 5.60 Å². The number of nitro groups is 1. The van der Waals surface area contributed by atoms with Crippen LogP contribution in [-0.4, -0.2) is 33.8 Å². The van der Waals surface area contributed by atoms with E-state index >= 15 is 0 Å². The van der Waals surface area contributed by atoms with Gasteiger partial charge >= 0.3 is 12.1 Å². The first-order valence-electron chi connectivity index (χ1n) is 8.00. The molecule has 2 rings (SSSR count). The van der Waals surface area contributed by atoms with Gasteiger partial charge in [-0.15, -0.1) is 0 Å². The Morgan fingerprint density at radius 3 is 2.58 bits per heavy atom. The molecule has 0 aliphatic carbocycles. The van der Waals surface area contributed by atoms with Crippen molar-refractivity contribution in [2.24, 2.45) is 0 Å². The summed E-state index contributed by atoms with van der Waals surface area (Å²) in [5.41, 5.74) is 0.0799. The van der Waals surface area contributed by atoms with Gasteiger partial charge < -0.3 is 9.47 Å². The lowest BCUT2D eigenvalue weighted by Crippen LogP contribution is -2.26. The van der Waals surface area contributed by atoms with Crippen LogP contribution >= 0.6 is 0 Å². The van der Waals surface area contributed by atoms with E-state index in [1.807, 2.05) is 0 Å². The Hall–Kier alpha value is -3.16. The number of benzene rings is 1. The minimum Gasteiger partial charge on any atom is -0.463 e. The SMILES string of the molecule is CCOC(=O)/C=C/c1cn(C(=O)OC(C)(C)C)c2ccc([N+](=O)[O-])cc12. The highest BCUT2D eigenvalue weighted by Crippen LogP contribution is 2.28. The third-order valence-electron chi connectivity index (χ3n) is 3.31. The van der Waals surface area contributed by atoms with Gasteiger partial charge in [-0.2, -0.15) is 0 Å². The van der Waals surface area contributed by atoms with Crippen LogP contribution in [0, 0.1) is 10.1 Å². The van der Waals surface area contributed by atoms with Gasteiger partial charge in [-0.05, 0) is 39.8 Å². The van der Waals surface area contributed by atoms with E-state index in [1.165, 1.54) is 41.1 Å². The lowest BCUT2D eigenvalue weighted by Gasteiger charge is -2.19. The van der Waals surface area contributed by atoms with Gasteiger partial charge in [0.2, 0.25) is 0 Å². The number of fused-ring (bicyclic) bond motifs is 1. The Morgan fingerprint density at radius 1 is 1.31 bits per heavy atom. The number of rotatable bonds is 4. The molecule has 1 aromatic heterocycles. The molecule has 0 aliphatic rings. The second kappa shape index (κ2) is 7.38. The molecule has 8 heteroatoms. The van der Waals surface area contributed by atoms with Crippen molar-refractivity contribution in [2.45, 2.75) is 33.3 Å². The van der Waals surface area contributed by atoms with Crippen molar-refractivity contribution in [1.82, 2.24) is 4.57 Å². The summed E-state index contributed by atoms with van der Waals surface area (Å²) in [6, 6.07) is 4.13. The maximum Gasteiger partial charge on any atom is 0.419 e. The molecule has 0 fully saturated rings. The fourth-order valence-corrected chi connectivity index (χ4v) is 2.30. The Labute approximate surface area is 150 Å². The van der Waals surface area contributed by atoms with Gasteiger partial charge in [0.15, 0.2) is 0 Å². The summed E-state index contributed by atoms with van der Waals surface area (Å²) in [7, 11) is 0. The first kappa shape index (κ1) is 19.2. The summed E-state index contributed by atoms with van der Waals surface area (Å²) in [5.74, 6) is -0.545. The fraction of sp³-hybridized carbons (Fsp3) is 0.333. The monoisotopic (exact) mass is 360 g/mol. The molecule has 0 aliphatic heterocycles. The molecule has 0 spiro atoms. The van der Waals surface area contributed by atoms with Crippen LogP contribution in [0.1, 0.15) is 33.3 Å². The van der Waals surface area contributed by atoms with Gasteiger partial charge in [-0.1, -0.05) is 0 Å². The average molecular weight is 360 g/mol. The number of carbonyl (C=O) groups excluding carboxylic acids is 2. The summed E-state index contributed by atoms with van der Waals surface area (Å²) in [6.07, 6.45) is 3.51. The van der Waals surface area contributed by atoms with Crippen molar-refractivity contribution in [3.8, 4) is 0 Å². The van der Waals surface area contributed by atoms with Crippen LogP contribution in [0.2, 0.25) is 0 Å². The van der Waals surface area contributed by atoms with E-state index in [9.17, 15) is 19.7 Å². The molecule has 26 heavy (non-hydrogen) atoms. The van der Waals surface area contributed by atoms with Crippen molar-refractivity contribution >= 4 is 34.7 Å². The van der Waals surface area contributed by atoms with E-state index in [0.717, 1.165) is 0 Å². The molecule has 8 nitrogen and oxygen atoms in total. The lowest BCUT2D eigenvalue weighted by molar-refractivity contribution is -0.384. The van der Waals surface area contributed by atoms with Crippen LogP contribution in [0.3, 0.4) is 0 Å². The van der Waals surface area contributed by atoms with Gasteiger partial charge in [0.25, 0.3) is 5.69 Å². The molecule has 1 heterocycles. The Balaban J connectivity index is 2.55.